The minimum atomic E-state index is -0.0630. The molecule has 1 heterocycles. The second-order valence-corrected chi connectivity index (χ2v) is 5.65. The molecule has 0 saturated carbocycles. The summed E-state index contributed by atoms with van der Waals surface area (Å²) in [7, 11) is 0. The third-order valence-corrected chi connectivity index (χ3v) is 3.74. The zero-order valence-corrected chi connectivity index (χ0v) is 12.9. The Morgan fingerprint density at radius 3 is 2.81 bits per heavy atom. The Balaban J connectivity index is 1.68. The normalized spacial score (nSPS) is 10.7. The molecule has 1 aromatic heterocycles. The second kappa shape index (κ2) is 6.10. The molecule has 5 heteroatoms. The number of nitrogens with one attached hydrogen (secondary N) is 1. The fourth-order valence-electron chi connectivity index (χ4n) is 2.18. The number of fused-ring (bicyclic) bond motifs is 1. The molecule has 21 heavy (non-hydrogen) atoms. The van der Waals surface area contributed by atoms with Crippen LogP contribution in [0.25, 0.3) is 10.8 Å². The van der Waals surface area contributed by atoms with E-state index < -0.39 is 0 Å². The van der Waals surface area contributed by atoms with Crippen molar-refractivity contribution >= 4 is 32.6 Å². The highest BCUT2D eigenvalue weighted by molar-refractivity contribution is 9.10. The van der Waals surface area contributed by atoms with E-state index in [-0.39, 0.29) is 5.91 Å². The lowest BCUT2D eigenvalue weighted by molar-refractivity contribution is 0.0952. The van der Waals surface area contributed by atoms with E-state index in [2.05, 4.69) is 26.3 Å². The maximum Gasteiger partial charge on any atom is 0.251 e. The van der Waals surface area contributed by atoms with Crippen LogP contribution in [0.5, 0.6) is 0 Å². The second-order valence-electron chi connectivity index (χ2n) is 4.73. The summed E-state index contributed by atoms with van der Waals surface area (Å²) in [6, 6.07) is 13.6. The number of carbonyl (C=O) groups excluding carboxylic acids is 1. The van der Waals surface area contributed by atoms with Crippen LogP contribution in [0.15, 0.2) is 59.3 Å². The topological polar surface area (TPSA) is 46.9 Å². The lowest BCUT2D eigenvalue weighted by Gasteiger charge is -2.07. The molecule has 0 aliphatic carbocycles. The summed E-state index contributed by atoms with van der Waals surface area (Å²) in [5.74, 6) is -0.0630. The van der Waals surface area contributed by atoms with E-state index in [0.29, 0.717) is 18.7 Å². The molecule has 0 unspecified atom stereocenters. The summed E-state index contributed by atoms with van der Waals surface area (Å²) in [5, 5.41) is 9.16. The molecule has 0 atom stereocenters. The van der Waals surface area contributed by atoms with Gasteiger partial charge in [0.05, 0.1) is 6.54 Å². The van der Waals surface area contributed by atoms with Crippen LogP contribution >= 0.6 is 15.9 Å². The van der Waals surface area contributed by atoms with E-state index in [0.717, 1.165) is 15.2 Å². The van der Waals surface area contributed by atoms with Crippen molar-refractivity contribution in [2.75, 3.05) is 6.54 Å². The molecule has 0 aliphatic rings. The summed E-state index contributed by atoms with van der Waals surface area (Å²) < 4.78 is 2.82. The first-order chi connectivity index (χ1) is 10.2. The Hall–Kier alpha value is -2.14. The largest absolute Gasteiger partial charge is 0.350 e. The quantitative estimate of drug-likeness (QED) is 0.790. The highest BCUT2D eigenvalue weighted by Gasteiger charge is 2.06. The Morgan fingerprint density at radius 2 is 2.00 bits per heavy atom. The molecule has 0 radical (unpaired) electrons. The minimum Gasteiger partial charge on any atom is -0.350 e. The molecular formula is C16H14BrN3O. The van der Waals surface area contributed by atoms with Crippen molar-refractivity contribution in [2.24, 2.45) is 0 Å². The zero-order chi connectivity index (χ0) is 14.7. The lowest BCUT2D eigenvalue weighted by Crippen LogP contribution is -2.27. The van der Waals surface area contributed by atoms with Gasteiger partial charge in [0, 0.05) is 29.0 Å². The monoisotopic (exact) mass is 343 g/mol. The first-order valence-corrected chi connectivity index (χ1v) is 7.47. The van der Waals surface area contributed by atoms with Gasteiger partial charge < -0.3 is 5.32 Å². The van der Waals surface area contributed by atoms with Crippen LogP contribution in [0.3, 0.4) is 0 Å². The van der Waals surface area contributed by atoms with Gasteiger partial charge in [0.15, 0.2) is 0 Å². The van der Waals surface area contributed by atoms with Gasteiger partial charge in [0.25, 0.3) is 5.91 Å². The number of hydrogen-bond acceptors (Lipinski definition) is 2. The number of benzene rings is 2. The molecule has 0 spiro atoms. The summed E-state index contributed by atoms with van der Waals surface area (Å²) in [6.07, 6.45) is 3.60. The van der Waals surface area contributed by atoms with E-state index >= 15 is 0 Å². The predicted octanol–water partition coefficient (Wildman–Crippen LogP) is 3.23. The van der Waals surface area contributed by atoms with Crippen molar-refractivity contribution in [1.29, 1.82) is 0 Å². The molecule has 0 bridgehead atoms. The van der Waals surface area contributed by atoms with Crippen molar-refractivity contribution in [1.82, 2.24) is 15.1 Å². The van der Waals surface area contributed by atoms with Gasteiger partial charge in [-0.25, -0.2) is 0 Å². The summed E-state index contributed by atoms with van der Waals surface area (Å²) in [4.78, 5) is 12.1. The van der Waals surface area contributed by atoms with Gasteiger partial charge in [-0.15, -0.1) is 0 Å². The highest BCUT2D eigenvalue weighted by Crippen LogP contribution is 2.20. The molecule has 2 aromatic carbocycles. The van der Waals surface area contributed by atoms with E-state index in [1.54, 1.807) is 10.9 Å². The summed E-state index contributed by atoms with van der Waals surface area (Å²) in [5.41, 5.74) is 0.672. The first-order valence-electron chi connectivity index (χ1n) is 6.67. The first kappa shape index (κ1) is 13.8. The molecule has 0 saturated heterocycles. The highest BCUT2D eigenvalue weighted by atomic mass is 79.9. The third-order valence-electron chi connectivity index (χ3n) is 3.25. The average molecular weight is 344 g/mol. The van der Waals surface area contributed by atoms with E-state index in [1.165, 1.54) is 0 Å². The van der Waals surface area contributed by atoms with Gasteiger partial charge in [-0.05, 0) is 41.1 Å². The van der Waals surface area contributed by atoms with Crippen LogP contribution in [0.1, 0.15) is 10.4 Å². The molecule has 0 fully saturated rings. The maximum atomic E-state index is 12.1. The predicted molar refractivity (Wildman–Crippen MR) is 86.2 cm³/mol. The van der Waals surface area contributed by atoms with Gasteiger partial charge in [0.2, 0.25) is 0 Å². The van der Waals surface area contributed by atoms with Crippen LogP contribution in [0, 0.1) is 0 Å². The van der Waals surface area contributed by atoms with Gasteiger partial charge in [-0.1, -0.05) is 28.1 Å². The Bertz CT molecular complexity index is 768. The SMILES string of the molecule is O=C(NCCn1cccn1)c1ccc2cc(Br)ccc2c1. The van der Waals surface area contributed by atoms with Crippen molar-refractivity contribution < 1.29 is 4.79 Å². The molecular weight excluding hydrogens is 330 g/mol. The van der Waals surface area contributed by atoms with Gasteiger partial charge in [-0.3, -0.25) is 9.48 Å². The smallest absolute Gasteiger partial charge is 0.251 e. The van der Waals surface area contributed by atoms with Crippen LogP contribution in [-0.4, -0.2) is 22.2 Å². The van der Waals surface area contributed by atoms with Gasteiger partial charge in [0.1, 0.15) is 0 Å². The molecule has 1 amide bonds. The van der Waals surface area contributed by atoms with E-state index in [9.17, 15) is 4.79 Å². The number of nitrogens with zero attached hydrogens (tertiary/aromatic N) is 2. The Labute approximate surface area is 130 Å². The number of carbonyl (C=O) groups is 1. The number of halogens is 1. The van der Waals surface area contributed by atoms with Gasteiger partial charge >= 0.3 is 0 Å². The standard InChI is InChI=1S/C16H14BrN3O/c17-15-5-4-12-10-14(3-2-13(12)11-15)16(21)18-7-9-20-8-1-6-19-20/h1-6,8,10-11H,7,9H2,(H,18,21). The molecule has 0 aliphatic heterocycles. The molecule has 3 aromatic rings. The zero-order valence-electron chi connectivity index (χ0n) is 11.3. The fourth-order valence-corrected chi connectivity index (χ4v) is 2.56. The Kier molecular flexibility index (Phi) is 4.01. The molecule has 106 valence electrons. The fraction of sp³-hybridized carbons (Fsp3) is 0.125. The molecule has 3 rings (SSSR count). The number of amides is 1. The number of aromatic nitrogens is 2. The van der Waals surface area contributed by atoms with Crippen molar-refractivity contribution in [2.45, 2.75) is 6.54 Å². The van der Waals surface area contributed by atoms with Crippen molar-refractivity contribution in [3.8, 4) is 0 Å². The summed E-state index contributed by atoms with van der Waals surface area (Å²) >= 11 is 3.45. The van der Waals surface area contributed by atoms with Crippen LogP contribution in [-0.2, 0) is 6.54 Å². The van der Waals surface area contributed by atoms with Crippen LogP contribution in [0.4, 0.5) is 0 Å². The lowest BCUT2D eigenvalue weighted by atomic mass is 10.1. The number of rotatable bonds is 4. The van der Waals surface area contributed by atoms with Crippen LogP contribution < -0.4 is 5.32 Å². The van der Waals surface area contributed by atoms with Gasteiger partial charge in [-0.2, -0.15) is 5.10 Å². The van der Waals surface area contributed by atoms with Crippen molar-refractivity contribution in [3.05, 3.63) is 64.9 Å². The maximum absolute atomic E-state index is 12.1. The third kappa shape index (κ3) is 3.31. The number of hydrogen-bond donors (Lipinski definition) is 1. The van der Waals surface area contributed by atoms with Crippen molar-refractivity contribution in [3.63, 3.8) is 0 Å². The Morgan fingerprint density at radius 1 is 1.19 bits per heavy atom. The average Bonchev–Trinajstić information content (AvgIpc) is 3.00. The van der Waals surface area contributed by atoms with E-state index in [4.69, 9.17) is 0 Å². The van der Waals surface area contributed by atoms with E-state index in [1.807, 2.05) is 48.7 Å². The van der Waals surface area contributed by atoms with Crippen LogP contribution in [0.2, 0.25) is 0 Å². The molecule has 4 nitrogen and oxygen atoms in total. The molecule has 1 N–H and O–H groups in total. The minimum absolute atomic E-state index is 0.0630. The summed E-state index contributed by atoms with van der Waals surface area (Å²) in [6.45, 7) is 1.22.